The first kappa shape index (κ1) is 15.1. The highest BCUT2D eigenvalue weighted by molar-refractivity contribution is 5.81. The summed E-state index contributed by atoms with van der Waals surface area (Å²) in [5.41, 5.74) is 6.45. The average Bonchev–Trinajstić information content (AvgIpc) is 2.68. The highest BCUT2D eigenvalue weighted by atomic mass is 16.5. The zero-order chi connectivity index (χ0) is 14.9. The Bertz CT molecular complexity index is 403. The lowest BCUT2D eigenvalue weighted by molar-refractivity contribution is -0.119. The van der Waals surface area contributed by atoms with Gasteiger partial charge in [-0.25, -0.2) is 0 Å². The third-order valence-electron chi connectivity index (χ3n) is 5.95. The van der Waals surface area contributed by atoms with Gasteiger partial charge in [-0.05, 0) is 32.6 Å². The molecule has 0 amide bonds. The number of guanidine groups is 1. The molecule has 2 atom stereocenters. The fourth-order valence-corrected chi connectivity index (χ4v) is 4.60. The number of hydrogen-bond donors (Lipinski definition) is 1. The van der Waals surface area contributed by atoms with Gasteiger partial charge in [0, 0.05) is 19.1 Å². The van der Waals surface area contributed by atoms with Gasteiger partial charge in [0.15, 0.2) is 5.96 Å². The highest BCUT2D eigenvalue weighted by Crippen LogP contribution is 2.43. The van der Waals surface area contributed by atoms with Gasteiger partial charge in [-0.2, -0.15) is 0 Å². The molecule has 2 heterocycles. The Labute approximate surface area is 129 Å². The Morgan fingerprint density at radius 1 is 1.29 bits per heavy atom. The Kier molecular flexibility index (Phi) is 4.17. The molecule has 21 heavy (non-hydrogen) atoms. The van der Waals surface area contributed by atoms with Crippen molar-refractivity contribution in [3.8, 4) is 0 Å². The van der Waals surface area contributed by atoms with Gasteiger partial charge in [-0.3, -0.25) is 4.99 Å². The molecule has 0 bridgehead atoms. The normalized spacial score (nSPS) is 38.6. The van der Waals surface area contributed by atoms with Crippen molar-refractivity contribution in [2.24, 2.45) is 10.7 Å². The first-order valence-corrected chi connectivity index (χ1v) is 8.82. The molecular formula is C17H31N3O. The summed E-state index contributed by atoms with van der Waals surface area (Å²) in [6.45, 7) is 6.20. The number of nitrogens with two attached hydrogens (primary N) is 1. The molecule has 3 aliphatic rings. The van der Waals surface area contributed by atoms with Gasteiger partial charge in [0.1, 0.15) is 0 Å². The van der Waals surface area contributed by atoms with Gasteiger partial charge in [0.05, 0.1) is 17.7 Å². The van der Waals surface area contributed by atoms with E-state index in [1.807, 2.05) is 0 Å². The van der Waals surface area contributed by atoms with Crippen LogP contribution >= 0.6 is 0 Å². The smallest absolute Gasteiger partial charge is 0.192 e. The fourth-order valence-electron chi connectivity index (χ4n) is 4.60. The van der Waals surface area contributed by atoms with Crippen molar-refractivity contribution in [1.82, 2.24) is 4.90 Å². The molecule has 2 fully saturated rings. The first-order chi connectivity index (χ1) is 10.1. The fraction of sp³-hybridized carbons (Fsp3) is 0.941. The minimum absolute atomic E-state index is 0.0125. The molecule has 0 radical (unpaired) electrons. The van der Waals surface area contributed by atoms with Gasteiger partial charge in [0.25, 0.3) is 0 Å². The predicted octanol–water partition coefficient (Wildman–Crippen LogP) is 3.06. The van der Waals surface area contributed by atoms with Crippen molar-refractivity contribution in [1.29, 1.82) is 0 Å². The molecule has 2 aliphatic heterocycles. The van der Waals surface area contributed by atoms with E-state index in [1.54, 1.807) is 0 Å². The van der Waals surface area contributed by atoms with Crippen LogP contribution < -0.4 is 5.73 Å². The van der Waals surface area contributed by atoms with E-state index in [9.17, 15) is 0 Å². The van der Waals surface area contributed by atoms with Gasteiger partial charge < -0.3 is 15.4 Å². The monoisotopic (exact) mass is 293 g/mol. The summed E-state index contributed by atoms with van der Waals surface area (Å²) in [5, 5.41) is 0. The maximum atomic E-state index is 6.33. The zero-order valence-electron chi connectivity index (χ0n) is 13.7. The largest absolute Gasteiger partial charge is 0.375 e. The lowest BCUT2D eigenvalue weighted by atomic mass is 9.77. The Hall–Kier alpha value is -0.770. The Balaban J connectivity index is 1.83. The van der Waals surface area contributed by atoms with Gasteiger partial charge in [-0.15, -0.1) is 0 Å². The second-order valence-electron chi connectivity index (χ2n) is 7.49. The molecule has 120 valence electrons. The zero-order valence-corrected chi connectivity index (χ0v) is 13.7. The number of nitrogens with zero attached hydrogens (tertiary/aromatic N) is 2. The topological polar surface area (TPSA) is 50.9 Å². The van der Waals surface area contributed by atoms with E-state index in [0.29, 0.717) is 6.04 Å². The van der Waals surface area contributed by atoms with Crippen LogP contribution in [-0.2, 0) is 4.74 Å². The van der Waals surface area contributed by atoms with E-state index in [-0.39, 0.29) is 11.1 Å². The lowest BCUT2D eigenvalue weighted by Gasteiger charge is -2.51. The van der Waals surface area contributed by atoms with E-state index in [0.717, 1.165) is 38.4 Å². The van der Waals surface area contributed by atoms with E-state index in [4.69, 9.17) is 10.5 Å². The molecule has 0 aromatic heterocycles. The van der Waals surface area contributed by atoms with E-state index >= 15 is 0 Å². The maximum Gasteiger partial charge on any atom is 0.192 e. The summed E-state index contributed by atoms with van der Waals surface area (Å²) in [4.78, 5) is 7.19. The standard InChI is InChI=1S/C17H31N3O/c1-3-16(2)12-17(10-11-21-16)13-19-15(18)20(17)14-8-6-4-5-7-9-14/h14H,3-13H2,1-2H3,(H2,18,19). The maximum absolute atomic E-state index is 6.33. The van der Waals surface area contributed by atoms with Crippen molar-refractivity contribution < 1.29 is 4.74 Å². The van der Waals surface area contributed by atoms with Crippen LogP contribution in [0.2, 0.25) is 0 Å². The van der Waals surface area contributed by atoms with Crippen LogP contribution in [0.3, 0.4) is 0 Å². The Morgan fingerprint density at radius 3 is 2.67 bits per heavy atom. The minimum atomic E-state index is -0.0125. The van der Waals surface area contributed by atoms with Gasteiger partial charge >= 0.3 is 0 Å². The molecule has 1 saturated heterocycles. The molecule has 1 saturated carbocycles. The van der Waals surface area contributed by atoms with Crippen molar-refractivity contribution in [2.75, 3.05) is 13.2 Å². The van der Waals surface area contributed by atoms with Crippen LogP contribution in [0.25, 0.3) is 0 Å². The van der Waals surface area contributed by atoms with Crippen LogP contribution in [-0.4, -0.2) is 41.2 Å². The van der Waals surface area contributed by atoms with Crippen molar-refractivity contribution in [2.45, 2.75) is 88.8 Å². The summed E-state index contributed by atoms with van der Waals surface area (Å²) in [5.74, 6) is 0.794. The van der Waals surface area contributed by atoms with Gasteiger partial charge in [-0.1, -0.05) is 32.6 Å². The molecule has 0 aromatic rings. The summed E-state index contributed by atoms with van der Waals surface area (Å²) < 4.78 is 6.08. The SMILES string of the molecule is CCC1(C)CC2(CCO1)CN=C(N)N2C1CCCCCC1. The van der Waals surface area contributed by atoms with Crippen molar-refractivity contribution in [3.63, 3.8) is 0 Å². The number of ether oxygens (including phenoxy) is 1. The summed E-state index contributed by atoms with van der Waals surface area (Å²) in [7, 11) is 0. The molecule has 2 unspecified atom stereocenters. The summed E-state index contributed by atoms with van der Waals surface area (Å²) in [6, 6.07) is 0.595. The molecule has 3 rings (SSSR count). The minimum Gasteiger partial charge on any atom is -0.375 e. The van der Waals surface area contributed by atoms with Crippen molar-refractivity contribution >= 4 is 5.96 Å². The molecular weight excluding hydrogens is 262 g/mol. The molecule has 4 heteroatoms. The molecule has 2 N–H and O–H groups in total. The first-order valence-electron chi connectivity index (χ1n) is 8.82. The van der Waals surface area contributed by atoms with Gasteiger partial charge in [0.2, 0.25) is 0 Å². The number of hydrogen-bond acceptors (Lipinski definition) is 4. The number of aliphatic imine (C=N–C) groups is 1. The second-order valence-corrected chi connectivity index (χ2v) is 7.49. The van der Waals surface area contributed by atoms with Crippen LogP contribution in [0.15, 0.2) is 4.99 Å². The van der Waals surface area contributed by atoms with Crippen molar-refractivity contribution in [3.05, 3.63) is 0 Å². The third-order valence-corrected chi connectivity index (χ3v) is 5.95. The predicted molar refractivity (Wildman–Crippen MR) is 86.4 cm³/mol. The lowest BCUT2D eigenvalue weighted by Crippen LogP contribution is -2.61. The Morgan fingerprint density at radius 2 is 2.00 bits per heavy atom. The highest BCUT2D eigenvalue weighted by Gasteiger charge is 2.51. The molecule has 4 nitrogen and oxygen atoms in total. The van der Waals surface area contributed by atoms with Crippen LogP contribution in [0.5, 0.6) is 0 Å². The van der Waals surface area contributed by atoms with Crippen LogP contribution in [0.1, 0.15) is 71.6 Å². The van der Waals surface area contributed by atoms with E-state index < -0.39 is 0 Å². The molecule has 0 aromatic carbocycles. The molecule has 1 aliphatic carbocycles. The summed E-state index contributed by atoms with van der Waals surface area (Å²) >= 11 is 0. The van der Waals surface area contributed by atoms with Crippen LogP contribution in [0, 0.1) is 0 Å². The van der Waals surface area contributed by atoms with Crippen LogP contribution in [0.4, 0.5) is 0 Å². The molecule has 1 spiro atoms. The van der Waals surface area contributed by atoms with E-state index in [2.05, 4.69) is 23.7 Å². The quantitative estimate of drug-likeness (QED) is 0.796. The number of rotatable bonds is 2. The average molecular weight is 293 g/mol. The second kappa shape index (κ2) is 5.79. The summed E-state index contributed by atoms with van der Waals surface area (Å²) in [6.07, 6.45) is 11.2. The third kappa shape index (κ3) is 2.79. The van der Waals surface area contributed by atoms with E-state index in [1.165, 1.54) is 38.5 Å².